The van der Waals surface area contributed by atoms with Crippen LogP contribution in [-0.4, -0.2) is 9.55 Å². The third-order valence-electron chi connectivity index (χ3n) is 3.33. The molecule has 100 valence electrons. The SMILES string of the molecule is Clc1cccc(OCc2nc(Cl)n3c2CCCC3)c1. The molecule has 0 spiro atoms. The third-order valence-corrected chi connectivity index (χ3v) is 3.85. The monoisotopic (exact) mass is 296 g/mol. The van der Waals surface area contributed by atoms with Gasteiger partial charge in [0.2, 0.25) is 5.28 Å². The number of hydrogen-bond donors (Lipinski definition) is 0. The molecule has 0 radical (unpaired) electrons. The predicted molar refractivity (Wildman–Crippen MR) is 76.0 cm³/mol. The van der Waals surface area contributed by atoms with Crippen molar-refractivity contribution in [1.82, 2.24) is 9.55 Å². The van der Waals surface area contributed by atoms with Crippen LogP contribution in [0.4, 0.5) is 0 Å². The van der Waals surface area contributed by atoms with E-state index in [9.17, 15) is 0 Å². The largest absolute Gasteiger partial charge is 0.487 e. The van der Waals surface area contributed by atoms with Gasteiger partial charge in [-0.2, -0.15) is 0 Å². The fourth-order valence-electron chi connectivity index (χ4n) is 2.40. The molecule has 0 saturated carbocycles. The predicted octanol–water partition coefficient (Wildman–Crippen LogP) is 4.11. The van der Waals surface area contributed by atoms with Gasteiger partial charge in [-0.1, -0.05) is 17.7 Å². The average molecular weight is 297 g/mol. The van der Waals surface area contributed by atoms with E-state index in [0.717, 1.165) is 30.8 Å². The van der Waals surface area contributed by atoms with E-state index < -0.39 is 0 Å². The standard InChI is InChI=1S/C14H14Cl2N2O/c15-10-4-3-5-11(8-10)19-9-12-13-6-1-2-7-18(13)14(16)17-12/h3-5,8H,1-2,6-7,9H2. The number of benzene rings is 1. The molecule has 0 saturated heterocycles. The first kappa shape index (κ1) is 12.8. The topological polar surface area (TPSA) is 27.1 Å². The molecule has 0 fully saturated rings. The molecule has 1 aliphatic heterocycles. The summed E-state index contributed by atoms with van der Waals surface area (Å²) in [6, 6.07) is 7.37. The fourth-order valence-corrected chi connectivity index (χ4v) is 2.87. The van der Waals surface area contributed by atoms with Crippen LogP contribution in [0.2, 0.25) is 10.3 Å². The second kappa shape index (κ2) is 5.43. The Morgan fingerprint density at radius 2 is 2.16 bits per heavy atom. The van der Waals surface area contributed by atoms with Crippen LogP contribution in [0.25, 0.3) is 0 Å². The maximum absolute atomic E-state index is 6.15. The molecule has 1 aromatic carbocycles. The second-order valence-corrected chi connectivity index (χ2v) is 5.40. The Hall–Kier alpha value is -1.19. The summed E-state index contributed by atoms with van der Waals surface area (Å²) in [7, 11) is 0. The Bertz CT molecular complexity index is 595. The lowest BCUT2D eigenvalue weighted by molar-refractivity contribution is 0.299. The van der Waals surface area contributed by atoms with E-state index in [1.54, 1.807) is 6.07 Å². The zero-order chi connectivity index (χ0) is 13.2. The molecule has 0 unspecified atom stereocenters. The summed E-state index contributed by atoms with van der Waals surface area (Å²) in [5.74, 6) is 0.751. The van der Waals surface area contributed by atoms with Crippen molar-refractivity contribution in [3.05, 3.63) is 46.0 Å². The lowest BCUT2D eigenvalue weighted by atomic mass is 10.1. The molecule has 0 bridgehead atoms. The number of aromatic nitrogens is 2. The first-order valence-electron chi connectivity index (χ1n) is 6.36. The Morgan fingerprint density at radius 3 is 3.00 bits per heavy atom. The number of ether oxygens (including phenoxy) is 1. The van der Waals surface area contributed by atoms with Crippen LogP contribution in [0.3, 0.4) is 0 Å². The summed E-state index contributed by atoms with van der Waals surface area (Å²) >= 11 is 12.1. The molecular weight excluding hydrogens is 283 g/mol. The van der Waals surface area contributed by atoms with Crippen molar-refractivity contribution >= 4 is 23.2 Å². The molecule has 1 aliphatic rings. The molecular formula is C14H14Cl2N2O. The molecule has 3 nitrogen and oxygen atoms in total. The first-order valence-corrected chi connectivity index (χ1v) is 7.12. The van der Waals surface area contributed by atoms with Crippen LogP contribution in [0.5, 0.6) is 5.75 Å². The molecule has 1 aromatic heterocycles. The Labute approximate surface area is 122 Å². The molecule has 2 heterocycles. The van der Waals surface area contributed by atoms with Gasteiger partial charge in [-0.3, -0.25) is 0 Å². The number of imidazole rings is 1. The van der Waals surface area contributed by atoms with E-state index in [1.807, 2.05) is 18.2 Å². The van der Waals surface area contributed by atoms with Crippen molar-refractivity contribution in [3.8, 4) is 5.75 Å². The van der Waals surface area contributed by atoms with E-state index in [-0.39, 0.29) is 0 Å². The molecule has 19 heavy (non-hydrogen) atoms. The Morgan fingerprint density at radius 1 is 1.26 bits per heavy atom. The summed E-state index contributed by atoms with van der Waals surface area (Å²) < 4.78 is 7.82. The van der Waals surface area contributed by atoms with Gasteiger partial charge in [-0.15, -0.1) is 0 Å². The Kier molecular flexibility index (Phi) is 3.67. The smallest absolute Gasteiger partial charge is 0.203 e. The molecule has 2 aromatic rings. The van der Waals surface area contributed by atoms with Crippen LogP contribution >= 0.6 is 23.2 Å². The van der Waals surface area contributed by atoms with Gasteiger partial charge in [0.1, 0.15) is 18.1 Å². The van der Waals surface area contributed by atoms with Crippen molar-refractivity contribution < 1.29 is 4.74 Å². The molecule has 0 aliphatic carbocycles. The lowest BCUT2D eigenvalue weighted by Gasteiger charge is -2.15. The van der Waals surface area contributed by atoms with Crippen LogP contribution < -0.4 is 4.74 Å². The van der Waals surface area contributed by atoms with Gasteiger partial charge in [0.05, 0.1) is 0 Å². The van der Waals surface area contributed by atoms with Gasteiger partial charge in [-0.05, 0) is 49.1 Å². The highest BCUT2D eigenvalue weighted by Crippen LogP contribution is 2.25. The third kappa shape index (κ3) is 2.72. The lowest BCUT2D eigenvalue weighted by Crippen LogP contribution is -2.11. The molecule has 5 heteroatoms. The van der Waals surface area contributed by atoms with Crippen molar-refractivity contribution in [2.24, 2.45) is 0 Å². The summed E-state index contributed by atoms with van der Waals surface area (Å²) in [5, 5.41) is 1.24. The van der Waals surface area contributed by atoms with E-state index in [4.69, 9.17) is 27.9 Å². The zero-order valence-electron chi connectivity index (χ0n) is 10.4. The van der Waals surface area contributed by atoms with Crippen molar-refractivity contribution in [3.63, 3.8) is 0 Å². The number of halogens is 2. The van der Waals surface area contributed by atoms with Crippen molar-refractivity contribution in [1.29, 1.82) is 0 Å². The van der Waals surface area contributed by atoms with Crippen LogP contribution in [0.15, 0.2) is 24.3 Å². The number of hydrogen-bond acceptors (Lipinski definition) is 2. The van der Waals surface area contributed by atoms with Crippen LogP contribution in [0, 0.1) is 0 Å². The maximum atomic E-state index is 6.15. The van der Waals surface area contributed by atoms with E-state index in [0.29, 0.717) is 16.9 Å². The molecule has 0 atom stereocenters. The Balaban J connectivity index is 1.77. The van der Waals surface area contributed by atoms with Crippen LogP contribution in [-0.2, 0) is 19.6 Å². The number of fused-ring (bicyclic) bond motifs is 1. The minimum absolute atomic E-state index is 0.433. The van der Waals surface area contributed by atoms with Crippen molar-refractivity contribution in [2.45, 2.75) is 32.4 Å². The van der Waals surface area contributed by atoms with Gasteiger partial charge in [0, 0.05) is 17.3 Å². The summed E-state index contributed by atoms with van der Waals surface area (Å²) in [6.45, 7) is 1.39. The van der Waals surface area contributed by atoms with Gasteiger partial charge >= 0.3 is 0 Å². The highest BCUT2D eigenvalue weighted by Gasteiger charge is 2.19. The zero-order valence-corrected chi connectivity index (χ0v) is 11.9. The minimum Gasteiger partial charge on any atom is -0.487 e. The summed E-state index contributed by atoms with van der Waals surface area (Å²) in [5.41, 5.74) is 2.14. The normalized spacial score (nSPS) is 14.2. The number of nitrogens with zero attached hydrogens (tertiary/aromatic N) is 2. The van der Waals surface area contributed by atoms with E-state index in [1.165, 1.54) is 12.1 Å². The summed E-state index contributed by atoms with van der Waals surface area (Å²) in [6.07, 6.45) is 3.37. The second-order valence-electron chi connectivity index (χ2n) is 4.63. The first-order chi connectivity index (χ1) is 9.24. The van der Waals surface area contributed by atoms with Gasteiger partial charge in [-0.25, -0.2) is 4.98 Å². The molecule has 3 rings (SSSR count). The van der Waals surface area contributed by atoms with Gasteiger partial charge in [0.25, 0.3) is 0 Å². The van der Waals surface area contributed by atoms with Gasteiger partial charge < -0.3 is 9.30 Å². The maximum Gasteiger partial charge on any atom is 0.203 e. The average Bonchev–Trinajstić information content (AvgIpc) is 2.74. The summed E-state index contributed by atoms with van der Waals surface area (Å²) in [4.78, 5) is 4.40. The molecule has 0 amide bonds. The quantitative estimate of drug-likeness (QED) is 0.852. The molecule has 0 N–H and O–H groups in total. The highest BCUT2D eigenvalue weighted by molar-refractivity contribution is 6.30. The minimum atomic E-state index is 0.433. The number of rotatable bonds is 3. The highest BCUT2D eigenvalue weighted by atomic mass is 35.5. The van der Waals surface area contributed by atoms with E-state index in [2.05, 4.69) is 9.55 Å². The fraction of sp³-hybridized carbons (Fsp3) is 0.357. The van der Waals surface area contributed by atoms with E-state index >= 15 is 0 Å². The van der Waals surface area contributed by atoms with Gasteiger partial charge in [0.15, 0.2) is 0 Å². The van der Waals surface area contributed by atoms with Crippen molar-refractivity contribution in [2.75, 3.05) is 0 Å². The van der Waals surface area contributed by atoms with Crippen LogP contribution in [0.1, 0.15) is 24.2 Å².